The molecule has 104 valence electrons. The van der Waals surface area contributed by atoms with E-state index in [4.69, 9.17) is 5.73 Å². The summed E-state index contributed by atoms with van der Waals surface area (Å²) in [5.74, 6) is -0.101. The van der Waals surface area contributed by atoms with Gasteiger partial charge in [0, 0.05) is 11.3 Å². The molecule has 0 fully saturated rings. The highest BCUT2D eigenvalue weighted by Gasteiger charge is 2.13. The number of amides is 1. The maximum Gasteiger partial charge on any atom is 0.251 e. The van der Waals surface area contributed by atoms with Crippen molar-refractivity contribution < 1.29 is 4.79 Å². The Hall–Kier alpha value is -2.29. The fourth-order valence-corrected chi connectivity index (χ4v) is 2.37. The molecule has 0 aliphatic heterocycles. The molecule has 20 heavy (non-hydrogen) atoms. The summed E-state index contributed by atoms with van der Waals surface area (Å²) in [6.45, 7) is 5.96. The van der Waals surface area contributed by atoms with Gasteiger partial charge in [0.2, 0.25) is 0 Å². The van der Waals surface area contributed by atoms with Crippen LogP contribution in [0.3, 0.4) is 0 Å². The Morgan fingerprint density at radius 1 is 1.15 bits per heavy atom. The summed E-state index contributed by atoms with van der Waals surface area (Å²) < 4.78 is 0. The molecule has 0 aliphatic carbocycles. The van der Waals surface area contributed by atoms with Gasteiger partial charge in [0.1, 0.15) is 0 Å². The number of carbonyl (C=O) groups excluding carboxylic acids is 1. The molecule has 0 heterocycles. The number of benzene rings is 2. The van der Waals surface area contributed by atoms with Crippen molar-refractivity contribution in [3.8, 4) is 0 Å². The van der Waals surface area contributed by atoms with Gasteiger partial charge in [-0.05, 0) is 55.7 Å². The third-order valence-corrected chi connectivity index (χ3v) is 3.36. The number of hydrogen-bond acceptors (Lipinski definition) is 2. The van der Waals surface area contributed by atoms with Crippen molar-refractivity contribution in [2.45, 2.75) is 26.8 Å². The third-order valence-electron chi connectivity index (χ3n) is 3.36. The molecule has 0 saturated heterocycles. The molecule has 0 aliphatic rings. The molecule has 2 rings (SSSR count). The molecule has 0 bridgehead atoms. The lowest BCUT2D eigenvalue weighted by molar-refractivity contribution is 0.0940. The van der Waals surface area contributed by atoms with Crippen LogP contribution in [-0.4, -0.2) is 5.91 Å². The zero-order valence-corrected chi connectivity index (χ0v) is 12.1. The molecule has 0 radical (unpaired) electrons. The van der Waals surface area contributed by atoms with Crippen molar-refractivity contribution in [3.63, 3.8) is 0 Å². The van der Waals surface area contributed by atoms with E-state index in [1.165, 1.54) is 5.56 Å². The topological polar surface area (TPSA) is 55.1 Å². The summed E-state index contributed by atoms with van der Waals surface area (Å²) in [4.78, 5) is 12.3. The molecule has 0 spiro atoms. The predicted octanol–water partition coefficient (Wildman–Crippen LogP) is 3.38. The SMILES string of the molecule is Cc1cc(N)cc(C(=O)NC(C)c2ccccc2C)c1. The van der Waals surface area contributed by atoms with Crippen LogP contribution < -0.4 is 11.1 Å². The Morgan fingerprint density at radius 3 is 2.50 bits per heavy atom. The minimum absolute atomic E-state index is 0.0366. The molecule has 1 unspecified atom stereocenters. The van der Waals surface area contributed by atoms with E-state index in [-0.39, 0.29) is 11.9 Å². The second kappa shape index (κ2) is 5.78. The van der Waals surface area contributed by atoms with E-state index < -0.39 is 0 Å². The highest BCUT2D eigenvalue weighted by molar-refractivity contribution is 5.95. The summed E-state index contributed by atoms with van der Waals surface area (Å²) in [6.07, 6.45) is 0. The monoisotopic (exact) mass is 268 g/mol. The fraction of sp³-hybridized carbons (Fsp3) is 0.235. The van der Waals surface area contributed by atoms with Gasteiger partial charge in [-0.2, -0.15) is 0 Å². The Bertz CT molecular complexity index is 614. The molecule has 3 heteroatoms. The Morgan fingerprint density at radius 2 is 1.85 bits per heavy atom. The van der Waals surface area contributed by atoms with Crippen LogP contribution in [0.15, 0.2) is 42.5 Å². The van der Waals surface area contributed by atoms with Crippen LogP contribution in [-0.2, 0) is 0 Å². The zero-order chi connectivity index (χ0) is 14.7. The second-order valence-corrected chi connectivity index (χ2v) is 5.18. The highest BCUT2D eigenvalue weighted by Crippen LogP contribution is 2.18. The molecule has 1 amide bonds. The van der Waals surface area contributed by atoms with E-state index in [1.807, 2.05) is 57.2 Å². The molecule has 3 nitrogen and oxygen atoms in total. The van der Waals surface area contributed by atoms with Gasteiger partial charge in [0.05, 0.1) is 6.04 Å². The summed E-state index contributed by atoms with van der Waals surface area (Å²) in [5.41, 5.74) is 10.3. The van der Waals surface area contributed by atoms with E-state index in [9.17, 15) is 4.79 Å². The lowest BCUT2D eigenvalue weighted by Gasteiger charge is -2.17. The average Bonchev–Trinajstić information content (AvgIpc) is 2.37. The summed E-state index contributed by atoms with van der Waals surface area (Å²) in [7, 11) is 0. The number of anilines is 1. The summed E-state index contributed by atoms with van der Waals surface area (Å²) in [6, 6.07) is 13.4. The number of aryl methyl sites for hydroxylation is 2. The minimum atomic E-state index is -0.101. The molecule has 2 aromatic rings. The van der Waals surface area contributed by atoms with Crippen molar-refractivity contribution in [1.29, 1.82) is 0 Å². The first kappa shape index (κ1) is 14.1. The third kappa shape index (κ3) is 3.18. The minimum Gasteiger partial charge on any atom is -0.399 e. The Kier molecular flexibility index (Phi) is 4.08. The van der Waals surface area contributed by atoms with Crippen molar-refractivity contribution in [3.05, 3.63) is 64.7 Å². The van der Waals surface area contributed by atoms with Crippen LogP contribution in [0.25, 0.3) is 0 Å². The normalized spacial score (nSPS) is 11.9. The standard InChI is InChI=1S/C17H20N2O/c1-11-8-14(10-15(18)9-11)17(20)19-13(3)16-7-5-4-6-12(16)2/h4-10,13H,18H2,1-3H3,(H,19,20). The average molecular weight is 268 g/mol. The number of nitrogens with two attached hydrogens (primary N) is 1. The van der Waals surface area contributed by atoms with Crippen LogP contribution in [0.4, 0.5) is 5.69 Å². The zero-order valence-electron chi connectivity index (χ0n) is 12.1. The van der Waals surface area contributed by atoms with Gasteiger partial charge < -0.3 is 11.1 Å². The highest BCUT2D eigenvalue weighted by atomic mass is 16.1. The van der Waals surface area contributed by atoms with Crippen LogP contribution >= 0.6 is 0 Å². The molecule has 2 aromatic carbocycles. The molecular formula is C17H20N2O. The molecular weight excluding hydrogens is 248 g/mol. The lowest BCUT2D eigenvalue weighted by Crippen LogP contribution is -2.27. The Balaban J connectivity index is 2.17. The van der Waals surface area contributed by atoms with Crippen molar-refractivity contribution in [2.75, 3.05) is 5.73 Å². The first-order chi connectivity index (χ1) is 9.47. The van der Waals surface area contributed by atoms with Gasteiger partial charge in [0.15, 0.2) is 0 Å². The lowest BCUT2D eigenvalue weighted by atomic mass is 10.0. The summed E-state index contributed by atoms with van der Waals surface area (Å²) >= 11 is 0. The van der Waals surface area contributed by atoms with Gasteiger partial charge in [-0.25, -0.2) is 0 Å². The van der Waals surface area contributed by atoms with Crippen molar-refractivity contribution >= 4 is 11.6 Å². The van der Waals surface area contributed by atoms with Crippen LogP contribution in [0.2, 0.25) is 0 Å². The van der Waals surface area contributed by atoms with Crippen molar-refractivity contribution in [2.24, 2.45) is 0 Å². The van der Waals surface area contributed by atoms with Crippen molar-refractivity contribution in [1.82, 2.24) is 5.32 Å². The smallest absolute Gasteiger partial charge is 0.251 e. The van der Waals surface area contributed by atoms with Gasteiger partial charge >= 0.3 is 0 Å². The van der Waals surface area contributed by atoms with E-state index in [2.05, 4.69) is 5.32 Å². The van der Waals surface area contributed by atoms with E-state index in [0.717, 1.165) is 11.1 Å². The van der Waals surface area contributed by atoms with E-state index >= 15 is 0 Å². The molecule has 3 N–H and O–H groups in total. The second-order valence-electron chi connectivity index (χ2n) is 5.18. The van der Waals surface area contributed by atoms with E-state index in [0.29, 0.717) is 11.3 Å². The quantitative estimate of drug-likeness (QED) is 0.838. The maximum atomic E-state index is 12.3. The maximum absolute atomic E-state index is 12.3. The van der Waals surface area contributed by atoms with Gasteiger partial charge in [0.25, 0.3) is 5.91 Å². The molecule has 0 saturated carbocycles. The van der Waals surface area contributed by atoms with Crippen LogP contribution in [0.1, 0.15) is 40.0 Å². The van der Waals surface area contributed by atoms with Crippen LogP contribution in [0.5, 0.6) is 0 Å². The van der Waals surface area contributed by atoms with Crippen LogP contribution in [0, 0.1) is 13.8 Å². The van der Waals surface area contributed by atoms with E-state index in [1.54, 1.807) is 6.07 Å². The van der Waals surface area contributed by atoms with Gasteiger partial charge in [-0.15, -0.1) is 0 Å². The molecule has 1 atom stereocenters. The van der Waals surface area contributed by atoms with Gasteiger partial charge in [-0.1, -0.05) is 24.3 Å². The number of hydrogen-bond donors (Lipinski definition) is 2. The number of nitrogen functional groups attached to an aromatic ring is 1. The first-order valence-electron chi connectivity index (χ1n) is 6.71. The largest absolute Gasteiger partial charge is 0.399 e. The summed E-state index contributed by atoms with van der Waals surface area (Å²) in [5, 5.41) is 3.01. The number of carbonyl (C=O) groups is 1. The predicted molar refractivity (Wildman–Crippen MR) is 82.7 cm³/mol. The fourth-order valence-electron chi connectivity index (χ4n) is 2.37. The number of rotatable bonds is 3. The number of nitrogens with one attached hydrogen (secondary N) is 1. The molecule has 0 aromatic heterocycles. The Labute approximate surface area is 119 Å². The van der Waals surface area contributed by atoms with Gasteiger partial charge in [-0.3, -0.25) is 4.79 Å². The first-order valence-corrected chi connectivity index (χ1v) is 6.71.